The number of hydrogen-bond acceptors (Lipinski definition) is 7. The van der Waals surface area contributed by atoms with E-state index in [0.717, 1.165) is 35.4 Å². The van der Waals surface area contributed by atoms with Gasteiger partial charge in [0.1, 0.15) is 17.2 Å². The van der Waals surface area contributed by atoms with Crippen LogP contribution in [0.15, 0.2) is 54.1 Å². The van der Waals surface area contributed by atoms with Gasteiger partial charge in [-0.3, -0.25) is 14.9 Å². The van der Waals surface area contributed by atoms with E-state index < -0.39 is 68.8 Å². The van der Waals surface area contributed by atoms with Gasteiger partial charge >= 0.3 is 6.09 Å². The zero-order valence-electron chi connectivity index (χ0n) is 20.2. The number of hydroxylamine groups is 1. The van der Waals surface area contributed by atoms with E-state index >= 15 is 0 Å². The Hall–Kier alpha value is -3.62. The molecule has 0 atom stereocenters. The molecule has 0 heterocycles. The Kier molecular flexibility index (Phi) is 9.67. The molecule has 0 aliphatic rings. The van der Waals surface area contributed by atoms with Gasteiger partial charge < -0.3 is 9.47 Å². The molecule has 14 heteroatoms. The van der Waals surface area contributed by atoms with Crippen LogP contribution >= 0.6 is 0 Å². The lowest BCUT2D eigenvalue weighted by molar-refractivity contribution is -0.129. The Labute approximate surface area is 211 Å². The quantitative estimate of drug-likeness (QED) is 0.344. The minimum absolute atomic E-state index is 0.109. The maximum atomic E-state index is 14.7. The maximum absolute atomic E-state index is 14.7. The average Bonchev–Trinajstić information content (AvgIpc) is 2.80. The second kappa shape index (κ2) is 12.1. The van der Waals surface area contributed by atoms with Crippen molar-refractivity contribution in [2.75, 3.05) is 19.6 Å². The summed E-state index contributed by atoms with van der Waals surface area (Å²) in [4.78, 5) is 24.1. The highest BCUT2D eigenvalue weighted by Gasteiger charge is 2.30. The predicted octanol–water partition coefficient (Wildman–Crippen LogP) is 3.77. The molecule has 0 fully saturated rings. The number of nitrogens with one attached hydrogen (secondary N) is 1. The topological polar surface area (TPSA) is 125 Å². The smallest absolute Gasteiger partial charge is 0.414 e. The van der Waals surface area contributed by atoms with Crippen LogP contribution in [-0.4, -0.2) is 60.1 Å². The Bertz CT molecular complexity index is 1230. The predicted molar refractivity (Wildman–Crippen MR) is 125 cm³/mol. The van der Waals surface area contributed by atoms with Crippen LogP contribution in [0.2, 0.25) is 0 Å². The third kappa shape index (κ3) is 8.20. The van der Waals surface area contributed by atoms with Crippen LogP contribution in [0.1, 0.15) is 20.8 Å². The first-order valence-electron chi connectivity index (χ1n) is 10.7. The molecule has 0 unspecified atom stereocenters. The van der Waals surface area contributed by atoms with Gasteiger partial charge in [0, 0.05) is 19.3 Å². The molecule has 0 bridgehead atoms. The summed E-state index contributed by atoms with van der Waals surface area (Å²) in [7, 11) is -4.75. The molecule has 0 saturated heterocycles. The van der Waals surface area contributed by atoms with Crippen molar-refractivity contribution in [1.29, 1.82) is 0 Å². The van der Waals surface area contributed by atoms with Gasteiger partial charge in [0.05, 0.1) is 11.4 Å². The van der Waals surface area contributed by atoms with Gasteiger partial charge in [0.2, 0.25) is 10.0 Å². The van der Waals surface area contributed by atoms with Gasteiger partial charge in [0.15, 0.2) is 17.4 Å². The van der Waals surface area contributed by atoms with Crippen LogP contribution in [0.5, 0.6) is 11.5 Å². The summed E-state index contributed by atoms with van der Waals surface area (Å²) in [6.45, 7) is 6.45. The summed E-state index contributed by atoms with van der Waals surface area (Å²) >= 11 is 0. The molecular formula is C23H26F3N3O7S. The van der Waals surface area contributed by atoms with E-state index in [1.54, 1.807) is 20.8 Å². The molecular weight excluding hydrogens is 519 g/mol. The van der Waals surface area contributed by atoms with Crippen LogP contribution in [0.4, 0.5) is 18.0 Å². The van der Waals surface area contributed by atoms with E-state index in [-0.39, 0.29) is 12.3 Å². The summed E-state index contributed by atoms with van der Waals surface area (Å²) in [5, 5.41) is 8.86. The molecule has 10 nitrogen and oxygen atoms in total. The Morgan fingerprint density at radius 1 is 1.08 bits per heavy atom. The maximum Gasteiger partial charge on any atom is 0.414 e. The fourth-order valence-corrected chi connectivity index (χ4v) is 4.24. The third-order valence-corrected chi connectivity index (χ3v) is 6.35. The standard InChI is InChI=1S/C23H26F3N3O7S/c1-5-28(22(31)36-23(2,3)4)10-11-29(14-20(30)27-32)37(33,34)17-12-18(25)21(19(26)13-17)35-16-8-6-15(24)7-9-16/h5-9,12-13,32H,1,10-11,14H2,2-4H3,(H,27,30). The van der Waals surface area contributed by atoms with Gasteiger partial charge in [-0.05, 0) is 57.2 Å². The van der Waals surface area contributed by atoms with Gasteiger partial charge in [-0.25, -0.2) is 31.9 Å². The summed E-state index contributed by atoms with van der Waals surface area (Å²) in [5.74, 6) is -5.59. The van der Waals surface area contributed by atoms with Crippen molar-refractivity contribution in [2.24, 2.45) is 0 Å². The number of halogens is 3. The molecule has 0 radical (unpaired) electrons. The summed E-state index contributed by atoms with van der Waals surface area (Å²) in [6.07, 6.45) is 0.220. The average molecular weight is 546 g/mol. The number of rotatable bonds is 10. The van der Waals surface area contributed by atoms with Crippen LogP contribution in [0.25, 0.3) is 0 Å². The van der Waals surface area contributed by atoms with Crippen LogP contribution < -0.4 is 10.2 Å². The van der Waals surface area contributed by atoms with Crippen LogP contribution in [0, 0.1) is 17.5 Å². The zero-order chi connectivity index (χ0) is 28.0. The summed E-state index contributed by atoms with van der Waals surface area (Å²) in [5.41, 5.74) is 0.405. The van der Waals surface area contributed by atoms with E-state index in [0.29, 0.717) is 16.4 Å². The van der Waals surface area contributed by atoms with Crippen molar-refractivity contribution in [1.82, 2.24) is 14.7 Å². The number of sulfonamides is 1. The molecule has 0 aromatic heterocycles. The van der Waals surface area contributed by atoms with Crippen molar-refractivity contribution >= 4 is 22.0 Å². The number of hydrogen-bond donors (Lipinski definition) is 2. The number of benzene rings is 2. The fraction of sp³-hybridized carbons (Fsp3) is 0.304. The molecule has 0 aliphatic carbocycles. The van der Waals surface area contributed by atoms with Crippen molar-refractivity contribution in [2.45, 2.75) is 31.3 Å². The Morgan fingerprint density at radius 3 is 2.14 bits per heavy atom. The van der Waals surface area contributed by atoms with Gasteiger partial charge in [-0.2, -0.15) is 4.31 Å². The van der Waals surface area contributed by atoms with Crippen molar-refractivity contribution in [3.63, 3.8) is 0 Å². The lowest BCUT2D eigenvalue weighted by atomic mass is 10.2. The largest absolute Gasteiger partial charge is 0.451 e. The number of nitrogens with zero attached hydrogens (tertiary/aromatic N) is 2. The molecule has 0 aliphatic heterocycles. The van der Waals surface area contributed by atoms with Crippen LogP contribution in [0.3, 0.4) is 0 Å². The summed E-state index contributed by atoms with van der Waals surface area (Å²) in [6, 6.07) is 5.17. The van der Waals surface area contributed by atoms with E-state index in [9.17, 15) is 31.2 Å². The molecule has 2 amide bonds. The van der Waals surface area contributed by atoms with Crippen molar-refractivity contribution < 1.29 is 45.9 Å². The highest BCUT2D eigenvalue weighted by molar-refractivity contribution is 7.89. The van der Waals surface area contributed by atoms with E-state index in [1.165, 1.54) is 5.48 Å². The molecule has 2 aromatic carbocycles. The molecule has 202 valence electrons. The first kappa shape index (κ1) is 29.6. The molecule has 37 heavy (non-hydrogen) atoms. The normalized spacial score (nSPS) is 11.7. The first-order chi connectivity index (χ1) is 17.2. The molecule has 2 rings (SSSR count). The van der Waals surface area contributed by atoms with Crippen LogP contribution in [-0.2, 0) is 19.6 Å². The zero-order valence-corrected chi connectivity index (χ0v) is 21.0. The number of ether oxygens (including phenoxy) is 2. The van der Waals surface area contributed by atoms with Crippen molar-refractivity contribution in [3.8, 4) is 11.5 Å². The Balaban J connectivity index is 2.34. The number of carbonyl (C=O) groups excluding carboxylic acids is 2. The van der Waals surface area contributed by atoms with E-state index in [4.69, 9.17) is 14.7 Å². The highest BCUT2D eigenvalue weighted by atomic mass is 32.2. The minimum atomic E-state index is -4.75. The molecule has 2 aromatic rings. The third-order valence-electron chi connectivity index (χ3n) is 4.53. The molecule has 0 spiro atoms. The molecule has 2 N–H and O–H groups in total. The second-order valence-electron chi connectivity index (χ2n) is 8.50. The molecule has 0 saturated carbocycles. The SMILES string of the molecule is C=CN(CCN(CC(=O)NO)S(=O)(=O)c1cc(F)c(Oc2ccc(F)cc2)c(F)c1)C(=O)OC(C)(C)C. The number of carbonyl (C=O) groups is 2. The number of amides is 2. The van der Waals surface area contributed by atoms with Gasteiger partial charge in [-0.1, -0.05) is 6.58 Å². The summed E-state index contributed by atoms with van der Waals surface area (Å²) < 4.78 is 79.6. The first-order valence-corrected chi connectivity index (χ1v) is 12.1. The van der Waals surface area contributed by atoms with E-state index in [1.807, 2.05) is 0 Å². The van der Waals surface area contributed by atoms with Gasteiger partial charge in [0.25, 0.3) is 5.91 Å². The monoisotopic (exact) mass is 545 g/mol. The second-order valence-corrected chi connectivity index (χ2v) is 10.4. The lowest BCUT2D eigenvalue weighted by Gasteiger charge is -2.27. The highest BCUT2D eigenvalue weighted by Crippen LogP contribution is 2.31. The fourth-order valence-electron chi connectivity index (χ4n) is 2.83. The van der Waals surface area contributed by atoms with Gasteiger partial charge in [-0.15, -0.1) is 0 Å². The Morgan fingerprint density at radius 2 is 1.65 bits per heavy atom. The van der Waals surface area contributed by atoms with E-state index in [2.05, 4.69) is 6.58 Å². The van der Waals surface area contributed by atoms with Crippen molar-refractivity contribution in [3.05, 3.63) is 66.6 Å². The lowest BCUT2D eigenvalue weighted by Crippen LogP contribution is -2.44. The minimum Gasteiger partial charge on any atom is -0.451 e.